The summed E-state index contributed by atoms with van der Waals surface area (Å²) in [6, 6.07) is 10.9. The maximum Gasteiger partial charge on any atom is 0.116 e. The third kappa shape index (κ3) is 3.18. The largest absolute Gasteiger partial charge is 0.508 e. The molecule has 4 heteroatoms. The monoisotopic (exact) mass is 281 g/mol. The molecule has 0 saturated heterocycles. The van der Waals surface area contributed by atoms with Crippen LogP contribution in [-0.2, 0) is 0 Å². The van der Waals surface area contributed by atoms with Gasteiger partial charge in [0.15, 0.2) is 0 Å². The third-order valence-corrected chi connectivity index (χ3v) is 3.46. The highest BCUT2D eigenvalue weighted by Crippen LogP contribution is 2.32. The summed E-state index contributed by atoms with van der Waals surface area (Å²) in [7, 11) is 0. The Bertz CT molecular complexity index is 569. The summed E-state index contributed by atoms with van der Waals surface area (Å²) in [6.07, 6.45) is 0. The zero-order chi connectivity index (χ0) is 13.3. The topological polar surface area (TPSA) is 66.5 Å². The molecule has 0 aliphatic rings. The van der Waals surface area contributed by atoms with Crippen molar-refractivity contribution in [2.24, 2.45) is 11.1 Å². The Morgan fingerprint density at radius 2 is 1.68 bits per heavy atom. The Morgan fingerprint density at radius 1 is 1.11 bits per heavy atom. The normalized spacial score (nSPS) is 13.1. The molecule has 0 radical (unpaired) electrons. The van der Waals surface area contributed by atoms with Crippen molar-refractivity contribution in [3.8, 4) is 5.75 Å². The molecule has 2 aromatic rings. The van der Waals surface area contributed by atoms with Crippen molar-refractivity contribution < 1.29 is 10.2 Å². The van der Waals surface area contributed by atoms with Gasteiger partial charge in [0.2, 0.25) is 0 Å². The highest BCUT2D eigenvalue weighted by Gasteiger charge is 2.26. The molecular weight excluding hydrogens is 262 g/mol. The van der Waals surface area contributed by atoms with Gasteiger partial charge in [-0.3, -0.25) is 0 Å². The van der Waals surface area contributed by atoms with Gasteiger partial charge in [-0.15, -0.1) is 12.4 Å². The van der Waals surface area contributed by atoms with Crippen LogP contribution in [0.15, 0.2) is 36.4 Å². The zero-order valence-electron chi connectivity index (χ0n) is 11.1. The van der Waals surface area contributed by atoms with Crippen LogP contribution in [0, 0.1) is 5.41 Å². The molecule has 0 amide bonds. The van der Waals surface area contributed by atoms with Gasteiger partial charge in [-0.25, -0.2) is 0 Å². The van der Waals surface area contributed by atoms with Crippen LogP contribution in [0.1, 0.15) is 25.5 Å². The van der Waals surface area contributed by atoms with Crippen LogP contribution < -0.4 is 5.73 Å². The van der Waals surface area contributed by atoms with Crippen molar-refractivity contribution in [1.82, 2.24) is 0 Å². The minimum atomic E-state index is -0.357. The Balaban J connectivity index is 0.00000180. The van der Waals surface area contributed by atoms with Gasteiger partial charge in [-0.1, -0.05) is 32.0 Å². The highest BCUT2D eigenvalue weighted by atomic mass is 35.5. The van der Waals surface area contributed by atoms with E-state index in [0.717, 1.165) is 16.3 Å². The Hall–Kier alpha value is -1.29. The molecule has 19 heavy (non-hydrogen) atoms. The van der Waals surface area contributed by atoms with E-state index in [1.165, 1.54) is 0 Å². The van der Waals surface area contributed by atoms with E-state index in [9.17, 15) is 10.2 Å². The number of halogens is 1. The summed E-state index contributed by atoms with van der Waals surface area (Å²) in [5.41, 5.74) is 6.83. The van der Waals surface area contributed by atoms with E-state index in [0.29, 0.717) is 0 Å². The van der Waals surface area contributed by atoms with E-state index < -0.39 is 0 Å². The minimum absolute atomic E-state index is 0. The highest BCUT2D eigenvalue weighted by molar-refractivity contribution is 5.85. The second-order valence-electron chi connectivity index (χ2n) is 5.42. The van der Waals surface area contributed by atoms with Crippen molar-refractivity contribution >= 4 is 23.2 Å². The van der Waals surface area contributed by atoms with Crippen LogP contribution in [-0.4, -0.2) is 16.8 Å². The standard InChI is InChI=1S/C15H19NO2.ClH/c1-15(2,9-17)14(16)12-4-3-11-8-13(18)6-5-10(11)7-12;/h3-8,14,17-18H,9,16H2,1-2H3;1H/t14-;/m1./s1. The van der Waals surface area contributed by atoms with Gasteiger partial charge in [0, 0.05) is 18.1 Å². The molecule has 4 N–H and O–H groups in total. The number of benzene rings is 2. The molecule has 1 atom stereocenters. The lowest BCUT2D eigenvalue weighted by Crippen LogP contribution is -2.32. The maximum atomic E-state index is 9.42. The van der Waals surface area contributed by atoms with Gasteiger partial charge < -0.3 is 15.9 Å². The molecular formula is C15H20ClNO2. The summed E-state index contributed by atoms with van der Waals surface area (Å²) >= 11 is 0. The quantitative estimate of drug-likeness (QED) is 0.810. The number of phenols is 1. The molecule has 104 valence electrons. The van der Waals surface area contributed by atoms with E-state index >= 15 is 0 Å². The Kier molecular flexibility index (Phi) is 4.80. The molecule has 0 aliphatic heterocycles. The minimum Gasteiger partial charge on any atom is -0.508 e. The van der Waals surface area contributed by atoms with Crippen LogP contribution in [0.5, 0.6) is 5.75 Å². The molecule has 0 saturated carbocycles. The molecule has 0 unspecified atom stereocenters. The predicted octanol–water partition coefficient (Wildman–Crippen LogP) is 2.99. The van der Waals surface area contributed by atoms with Gasteiger partial charge in [0.1, 0.15) is 5.75 Å². The Labute approximate surface area is 119 Å². The summed E-state index contributed by atoms with van der Waals surface area (Å²) in [4.78, 5) is 0. The number of hydrogen-bond acceptors (Lipinski definition) is 3. The fourth-order valence-corrected chi connectivity index (χ4v) is 1.99. The van der Waals surface area contributed by atoms with Crippen molar-refractivity contribution in [2.45, 2.75) is 19.9 Å². The number of aliphatic hydroxyl groups excluding tert-OH is 1. The first-order valence-corrected chi connectivity index (χ1v) is 6.03. The number of phenolic OH excluding ortho intramolecular Hbond substituents is 1. The number of rotatable bonds is 3. The number of aliphatic hydroxyl groups is 1. The first-order chi connectivity index (χ1) is 8.44. The summed E-state index contributed by atoms with van der Waals surface area (Å²) in [5.74, 6) is 0.259. The molecule has 0 spiro atoms. The van der Waals surface area contributed by atoms with Crippen molar-refractivity contribution in [3.63, 3.8) is 0 Å². The smallest absolute Gasteiger partial charge is 0.116 e. The molecule has 0 heterocycles. The average Bonchev–Trinajstić information content (AvgIpc) is 2.37. The van der Waals surface area contributed by atoms with Crippen LogP contribution >= 0.6 is 12.4 Å². The number of aromatic hydroxyl groups is 1. The molecule has 2 aromatic carbocycles. The van der Waals surface area contributed by atoms with Gasteiger partial charge in [-0.2, -0.15) is 0 Å². The van der Waals surface area contributed by atoms with E-state index in [-0.39, 0.29) is 36.2 Å². The van der Waals surface area contributed by atoms with Crippen LogP contribution in [0.4, 0.5) is 0 Å². The lowest BCUT2D eigenvalue weighted by Gasteiger charge is -2.29. The molecule has 0 aromatic heterocycles. The molecule has 2 rings (SSSR count). The van der Waals surface area contributed by atoms with Crippen molar-refractivity contribution in [1.29, 1.82) is 0 Å². The lowest BCUT2D eigenvalue weighted by molar-refractivity contribution is 0.132. The van der Waals surface area contributed by atoms with Gasteiger partial charge in [-0.05, 0) is 34.5 Å². The second kappa shape index (κ2) is 5.78. The fraction of sp³-hybridized carbons (Fsp3) is 0.333. The summed E-state index contributed by atoms with van der Waals surface area (Å²) in [5, 5.41) is 20.8. The van der Waals surface area contributed by atoms with Gasteiger partial charge >= 0.3 is 0 Å². The summed E-state index contributed by atoms with van der Waals surface area (Å²) < 4.78 is 0. The predicted molar refractivity (Wildman–Crippen MR) is 80.7 cm³/mol. The van der Waals surface area contributed by atoms with E-state index in [4.69, 9.17) is 5.73 Å². The molecule has 0 aliphatic carbocycles. The first-order valence-electron chi connectivity index (χ1n) is 6.03. The van der Waals surface area contributed by atoms with E-state index in [1.54, 1.807) is 12.1 Å². The van der Waals surface area contributed by atoms with E-state index in [2.05, 4.69) is 0 Å². The van der Waals surface area contributed by atoms with Gasteiger partial charge in [0.05, 0.1) is 0 Å². The third-order valence-electron chi connectivity index (χ3n) is 3.46. The lowest BCUT2D eigenvalue weighted by atomic mass is 9.81. The van der Waals surface area contributed by atoms with Crippen molar-refractivity contribution in [2.75, 3.05) is 6.61 Å². The SMILES string of the molecule is CC(C)(CO)[C@H](N)c1ccc2cc(O)ccc2c1.Cl. The average molecular weight is 282 g/mol. The molecule has 0 fully saturated rings. The van der Waals surface area contributed by atoms with Gasteiger partial charge in [0.25, 0.3) is 0 Å². The maximum absolute atomic E-state index is 9.42. The number of hydrogen-bond donors (Lipinski definition) is 3. The van der Waals surface area contributed by atoms with Crippen LogP contribution in [0.25, 0.3) is 10.8 Å². The zero-order valence-corrected chi connectivity index (χ0v) is 11.9. The summed E-state index contributed by atoms with van der Waals surface area (Å²) in [6.45, 7) is 3.93. The van der Waals surface area contributed by atoms with Crippen molar-refractivity contribution in [3.05, 3.63) is 42.0 Å². The fourth-order valence-electron chi connectivity index (χ4n) is 1.99. The van der Waals surface area contributed by atoms with Crippen LogP contribution in [0.3, 0.4) is 0 Å². The molecule has 0 bridgehead atoms. The van der Waals surface area contributed by atoms with E-state index in [1.807, 2.05) is 38.1 Å². The first kappa shape index (κ1) is 15.8. The van der Waals surface area contributed by atoms with Crippen LogP contribution in [0.2, 0.25) is 0 Å². The number of fused-ring (bicyclic) bond motifs is 1. The molecule has 3 nitrogen and oxygen atoms in total. The Morgan fingerprint density at radius 3 is 2.32 bits per heavy atom. The second-order valence-corrected chi connectivity index (χ2v) is 5.42. The number of nitrogens with two attached hydrogens (primary N) is 1.